The molecule has 1 unspecified atom stereocenters. The van der Waals surface area contributed by atoms with Crippen molar-refractivity contribution < 1.29 is 13.9 Å². The number of hydrogen-bond acceptors (Lipinski definition) is 5. The first-order valence-corrected chi connectivity index (χ1v) is 9.42. The zero-order valence-electron chi connectivity index (χ0n) is 16.0. The number of rotatable bonds is 8. The van der Waals surface area contributed by atoms with Crippen LogP contribution in [0.15, 0.2) is 34.8 Å². The molecule has 10 heteroatoms. The van der Waals surface area contributed by atoms with Crippen molar-refractivity contribution in [2.75, 3.05) is 26.7 Å². The van der Waals surface area contributed by atoms with Crippen molar-refractivity contribution in [3.8, 4) is 5.75 Å². The standard InChI is InChI=1S/C18H24FN5O2S.HI/c1-12(26-15-6-4-14(19)5-7-15)10-23-18(20-3)22-9-8-21-17(25)16-13(2)24-11-27-16;/h4-7,11-12H,8-10H2,1-3H3,(H,21,25)(H2,20,22,23);1H. The average Bonchev–Trinajstić information content (AvgIpc) is 3.09. The molecule has 0 bridgehead atoms. The van der Waals surface area contributed by atoms with Crippen LogP contribution >= 0.6 is 35.3 Å². The summed E-state index contributed by atoms with van der Waals surface area (Å²) in [5, 5.41) is 9.10. The summed E-state index contributed by atoms with van der Waals surface area (Å²) in [6.45, 7) is 5.21. The number of carbonyl (C=O) groups is 1. The highest BCUT2D eigenvalue weighted by atomic mass is 127. The SMILES string of the molecule is CN=C(NCCNC(=O)c1scnc1C)NCC(C)Oc1ccc(F)cc1.I. The monoisotopic (exact) mass is 521 g/mol. The van der Waals surface area contributed by atoms with Gasteiger partial charge < -0.3 is 20.7 Å². The van der Waals surface area contributed by atoms with E-state index in [1.807, 2.05) is 13.8 Å². The highest BCUT2D eigenvalue weighted by Gasteiger charge is 2.11. The van der Waals surface area contributed by atoms with Gasteiger partial charge in [0.1, 0.15) is 22.5 Å². The van der Waals surface area contributed by atoms with Crippen LogP contribution in [0.1, 0.15) is 22.3 Å². The smallest absolute Gasteiger partial charge is 0.263 e. The molecule has 1 aromatic heterocycles. The summed E-state index contributed by atoms with van der Waals surface area (Å²) in [5.74, 6) is 0.791. The Morgan fingerprint density at radius 2 is 1.93 bits per heavy atom. The van der Waals surface area contributed by atoms with E-state index in [2.05, 4.69) is 25.9 Å². The summed E-state index contributed by atoms with van der Waals surface area (Å²) in [6.07, 6.45) is -0.136. The van der Waals surface area contributed by atoms with Crippen LogP contribution in [0.3, 0.4) is 0 Å². The first kappa shape index (κ1) is 24.1. The van der Waals surface area contributed by atoms with E-state index >= 15 is 0 Å². The van der Waals surface area contributed by atoms with Gasteiger partial charge >= 0.3 is 0 Å². The zero-order chi connectivity index (χ0) is 19.6. The number of carbonyl (C=O) groups excluding carboxylic acids is 1. The lowest BCUT2D eigenvalue weighted by atomic mass is 10.3. The summed E-state index contributed by atoms with van der Waals surface area (Å²) in [4.78, 5) is 20.8. The van der Waals surface area contributed by atoms with E-state index in [1.165, 1.54) is 23.5 Å². The molecule has 0 saturated heterocycles. The largest absolute Gasteiger partial charge is 0.489 e. The maximum Gasteiger partial charge on any atom is 0.263 e. The molecule has 0 aliphatic rings. The molecule has 0 spiro atoms. The third-order valence-electron chi connectivity index (χ3n) is 3.59. The fourth-order valence-electron chi connectivity index (χ4n) is 2.21. The van der Waals surface area contributed by atoms with Crippen LogP contribution in [0.5, 0.6) is 5.75 Å². The maximum absolute atomic E-state index is 12.9. The van der Waals surface area contributed by atoms with E-state index in [4.69, 9.17) is 4.74 Å². The van der Waals surface area contributed by atoms with Gasteiger partial charge in [-0.2, -0.15) is 0 Å². The number of nitrogens with zero attached hydrogens (tertiary/aromatic N) is 2. The van der Waals surface area contributed by atoms with Gasteiger partial charge in [-0.1, -0.05) is 0 Å². The van der Waals surface area contributed by atoms with Crippen molar-refractivity contribution in [2.45, 2.75) is 20.0 Å². The molecule has 2 aromatic rings. The number of guanidine groups is 1. The highest BCUT2D eigenvalue weighted by Crippen LogP contribution is 2.13. The van der Waals surface area contributed by atoms with E-state index < -0.39 is 0 Å². The Bertz CT molecular complexity index is 770. The molecule has 28 heavy (non-hydrogen) atoms. The van der Waals surface area contributed by atoms with Crippen molar-refractivity contribution in [3.63, 3.8) is 0 Å². The van der Waals surface area contributed by atoms with Crippen LogP contribution < -0.4 is 20.7 Å². The third kappa shape index (κ3) is 7.97. The molecular formula is C18H25FIN5O2S. The van der Waals surface area contributed by atoms with Crippen LogP contribution in [0.2, 0.25) is 0 Å². The number of halogens is 2. The Morgan fingerprint density at radius 3 is 2.54 bits per heavy atom. The first-order chi connectivity index (χ1) is 13.0. The van der Waals surface area contributed by atoms with Gasteiger partial charge in [0.05, 0.1) is 17.7 Å². The van der Waals surface area contributed by atoms with Crippen LogP contribution in [-0.2, 0) is 0 Å². The van der Waals surface area contributed by atoms with E-state index in [-0.39, 0.29) is 41.8 Å². The van der Waals surface area contributed by atoms with E-state index in [0.717, 1.165) is 5.69 Å². The van der Waals surface area contributed by atoms with E-state index in [9.17, 15) is 9.18 Å². The van der Waals surface area contributed by atoms with Crippen molar-refractivity contribution in [1.29, 1.82) is 0 Å². The Balaban J connectivity index is 0.00000392. The molecule has 0 aliphatic heterocycles. The molecule has 0 aliphatic carbocycles. The van der Waals surface area contributed by atoms with Crippen LogP contribution in [0.4, 0.5) is 4.39 Å². The van der Waals surface area contributed by atoms with Crippen molar-refractivity contribution >= 4 is 47.2 Å². The molecule has 0 radical (unpaired) electrons. The summed E-state index contributed by atoms with van der Waals surface area (Å²) in [5.41, 5.74) is 2.39. The molecule has 1 aromatic carbocycles. The van der Waals surface area contributed by atoms with Gasteiger partial charge in [-0.25, -0.2) is 9.37 Å². The topological polar surface area (TPSA) is 87.6 Å². The average molecular weight is 521 g/mol. The second-order valence-corrected chi connectivity index (χ2v) is 6.64. The quantitative estimate of drug-likeness (QED) is 0.215. The lowest BCUT2D eigenvalue weighted by molar-refractivity contribution is 0.0957. The molecule has 1 heterocycles. The number of aryl methyl sites for hydroxylation is 1. The van der Waals surface area contributed by atoms with Gasteiger partial charge in [0.15, 0.2) is 5.96 Å². The Hall–Kier alpha value is -1.95. The molecule has 0 saturated carbocycles. The number of ether oxygens (including phenoxy) is 1. The summed E-state index contributed by atoms with van der Waals surface area (Å²) in [6, 6.07) is 5.90. The van der Waals surface area contributed by atoms with Crippen LogP contribution in [-0.4, -0.2) is 49.6 Å². The molecule has 154 valence electrons. The normalized spacial score (nSPS) is 11.9. The fourth-order valence-corrected chi connectivity index (χ4v) is 2.92. The minimum Gasteiger partial charge on any atom is -0.489 e. The molecule has 3 N–H and O–H groups in total. The molecule has 2 rings (SSSR count). The number of aromatic nitrogens is 1. The number of aliphatic imine (C=N–C) groups is 1. The minimum atomic E-state index is -0.296. The van der Waals surface area contributed by atoms with Crippen LogP contribution in [0.25, 0.3) is 0 Å². The molecule has 1 atom stereocenters. The number of hydrogen-bond donors (Lipinski definition) is 3. The van der Waals surface area contributed by atoms with Gasteiger partial charge in [0.2, 0.25) is 0 Å². The Morgan fingerprint density at radius 1 is 1.25 bits per heavy atom. The van der Waals surface area contributed by atoms with Crippen molar-refractivity contribution in [1.82, 2.24) is 20.9 Å². The zero-order valence-corrected chi connectivity index (χ0v) is 19.1. The number of benzene rings is 1. The predicted molar refractivity (Wildman–Crippen MR) is 120 cm³/mol. The third-order valence-corrected chi connectivity index (χ3v) is 4.51. The minimum absolute atomic E-state index is 0. The predicted octanol–water partition coefficient (Wildman–Crippen LogP) is 2.57. The second-order valence-electron chi connectivity index (χ2n) is 5.79. The molecule has 7 nitrogen and oxygen atoms in total. The first-order valence-electron chi connectivity index (χ1n) is 8.54. The van der Waals surface area contributed by atoms with Crippen molar-refractivity contribution in [2.24, 2.45) is 4.99 Å². The van der Waals surface area contributed by atoms with Crippen LogP contribution in [0, 0.1) is 12.7 Å². The van der Waals surface area contributed by atoms with Gasteiger partial charge in [-0.15, -0.1) is 35.3 Å². The molecule has 0 fully saturated rings. The molecular weight excluding hydrogens is 496 g/mol. The lowest BCUT2D eigenvalue weighted by Gasteiger charge is -2.17. The summed E-state index contributed by atoms with van der Waals surface area (Å²) in [7, 11) is 1.67. The number of thiazole rings is 1. The Kier molecular flexibility index (Phi) is 10.8. The van der Waals surface area contributed by atoms with Crippen molar-refractivity contribution in [3.05, 3.63) is 46.2 Å². The lowest BCUT2D eigenvalue weighted by Crippen LogP contribution is -2.44. The summed E-state index contributed by atoms with van der Waals surface area (Å²) < 4.78 is 18.6. The summed E-state index contributed by atoms with van der Waals surface area (Å²) >= 11 is 1.32. The molecule has 1 amide bonds. The van der Waals surface area contributed by atoms with E-state index in [1.54, 1.807) is 24.7 Å². The highest BCUT2D eigenvalue weighted by molar-refractivity contribution is 14.0. The van der Waals surface area contributed by atoms with Gasteiger partial charge in [0, 0.05) is 20.1 Å². The second kappa shape index (κ2) is 12.5. The van der Waals surface area contributed by atoms with Gasteiger partial charge in [-0.3, -0.25) is 9.79 Å². The number of amides is 1. The Labute approximate surface area is 185 Å². The van der Waals surface area contributed by atoms with Gasteiger partial charge in [-0.05, 0) is 38.1 Å². The van der Waals surface area contributed by atoms with Gasteiger partial charge in [0.25, 0.3) is 5.91 Å². The van der Waals surface area contributed by atoms with E-state index in [0.29, 0.717) is 36.2 Å². The maximum atomic E-state index is 12.9. The fraction of sp³-hybridized carbons (Fsp3) is 0.389. The number of nitrogens with one attached hydrogen (secondary N) is 3.